The van der Waals surface area contributed by atoms with Gasteiger partial charge in [-0.1, -0.05) is 25.1 Å². The molecule has 0 saturated carbocycles. The number of aromatic nitrogens is 3. The third kappa shape index (κ3) is 2.49. The van der Waals surface area contributed by atoms with Crippen LogP contribution in [0.4, 0.5) is 0 Å². The molecule has 1 aromatic heterocycles. The van der Waals surface area contributed by atoms with E-state index in [1.165, 1.54) is 5.56 Å². The highest BCUT2D eigenvalue weighted by Gasteiger charge is 2.02. The molecule has 1 aromatic carbocycles. The average Bonchev–Trinajstić information content (AvgIpc) is 2.73. The van der Waals surface area contributed by atoms with Crippen molar-refractivity contribution in [3.63, 3.8) is 0 Å². The molecule has 2 N–H and O–H groups in total. The predicted molar refractivity (Wildman–Crippen MR) is 63.9 cm³/mol. The number of para-hydroxylation sites is 1. The quantitative estimate of drug-likeness (QED) is 0.801. The van der Waals surface area contributed by atoms with Crippen LogP contribution in [0, 0.1) is 4.77 Å². The topological polar surface area (TPSA) is 53.7 Å². The van der Waals surface area contributed by atoms with E-state index in [-0.39, 0.29) is 0 Å². The van der Waals surface area contributed by atoms with Crippen LogP contribution in [-0.2, 0) is 13.0 Å². The highest BCUT2D eigenvalue weighted by Crippen LogP contribution is 2.18. The van der Waals surface area contributed by atoms with Gasteiger partial charge in [-0.25, -0.2) is 4.98 Å². The number of H-pyrrole nitrogens is 2. The van der Waals surface area contributed by atoms with E-state index in [9.17, 15) is 0 Å². The first kappa shape index (κ1) is 10.9. The van der Waals surface area contributed by atoms with Gasteiger partial charge in [0.25, 0.3) is 0 Å². The lowest BCUT2D eigenvalue weighted by atomic mass is 10.1. The highest BCUT2D eigenvalue weighted by atomic mass is 32.1. The molecule has 0 unspecified atom stereocenters. The molecule has 0 fully saturated rings. The van der Waals surface area contributed by atoms with Crippen molar-refractivity contribution in [2.75, 3.05) is 0 Å². The van der Waals surface area contributed by atoms with Gasteiger partial charge in [-0.2, -0.15) is 0 Å². The molecule has 5 heteroatoms. The number of nitrogens with zero attached hydrogens (tertiary/aromatic N) is 1. The Hall–Kier alpha value is -1.62. The van der Waals surface area contributed by atoms with Crippen LogP contribution in [0.15, 0.2) is 24.3 Å². The summed E-state index contributed by atoms with van der Waals surface area (Å²) in [5, 5.41) is 5.58. The number of aryl methyl sites for hydroxylation is 1. The maximum Gasteiger partial charge on any atom is 0.213 e. The first-order chi connectivity index (χ1) is 7.79. The third-order valence-electron chi connectivity index (χ3n) is 2.27. The highest BCUT2D eigenvalue weighted by molar-refractivity contribution is 7.71. The number of ether oxygens (including phenoxy) is 1. The molecule has 1 heterocycles. The van der Waals surface area contributed by atoms with Gasteiger partial charge in [-0.15, -0.1) is 0 Å². The van der Waals surface area contributed by atoms with E-state index in [4.69, 9.17) is 17.0 Å². The fourth-order valence-electron chi connectivity index (χ4n) is 1.46. The van der Waals surface area contributed by atoms with Gasteiger partial charge in [0.1, 0.15) is 12.4 Å². The summed E-state index contributed by atoms with van der Waals surface area (Å²) in [6.07, 6.45) is 0.951. The van der Waals surface area contributed by atoms with E-state index >= 15 is 0 Å². The number of benzene rings is 1. The molecule has 0 spiro atoms. The van der Waals surface area contributed by atoms with E-state index < -0.39 is 0 Å². The molecule has 0 aliphatic heterocycles. The van der Waals surface area contributed by atoms with Crippen molar-refractivity contribution in [3.8, 4) is 5.75 Å². The third-order valence-corrected chi connectivity index (χ3v) is 2.46. The zero-order valence-electron chi connectivity index (χ0n) is 8.99. The molecule has 0 aliphatic carbocycles. The van der Waals surface area contributed by atoms with Crippen molar-refractivity contribution in [1.29, 1.82) is 0 Å². The lowest BCUT2D eigenvalue weighted by Crippen LogP contribution is -1.99. The predicted octanol–water partition coefficient (Wildman–Crippen LogP) is 2.61. The lowest BCUT2D eigenvalue weighted by Gasteiger charge is -2.08. The maximum atomic E-state index is 5.67. The van der Waals surface area contributed by atoms with Crippen molar-refractivity contribution in [1.82, 2.24) is 15.2 Å². The maximum absolute atomic E-state index is 5.67. The minimum absolute atomic E-state index is 0.393. The molecule has 0 aliphatic rings. The first-order valence-electron chi connectivity index (χ1n) is 5.14. The molecule has 16 heavy (non-hydrogen) atoms. The van der Waals surface area contributed by atoms with E-state index in [1.807, 2.05) is 18.2 Å². The van der Waals surface area contributed by atoms with Crippen LogP contribution in [0.1, 0.15) is 18.3 Å². The van der Waals surface area contributed by atoms with Crippen LogP contribution >= 0.6 is 12.2 Å². The van der Waals surface area contributed by atoms with Crippen molar-refractivity contribution in [2.45, 2.75) is 20.0 Å². The number of rotatable bonds is 4. The van der Waals surface area contributed by atoms with Gasteiger partial charge in [-0.05, 0) is 30.3 Å². The summed E-state index contributed by atoms with van der Waals surface area (Å²) in [7, 11) is 0. The lowest BCUT2D eigenvalue weighted by molar-refractivity contribution is 0.293. The summed E-state index contributed by atoms with van der Waals surface area (Å²) in [6.45, 7) is 2.49. The molecular weight excluding hydrogens is 222 g/mol. The minimum Gasteiger partial charge on any atom is -0.485 e. The Kier molecular flexibility index (Phi) is 3.36. The fraction of sp³-hybridized carbons (Fsp3) is 0.273. The Morgan fingerprint density at radius 2 is 2.12 bits per heavy atom. The molecule has 0 radical (unpaired) electrons. The number of aromatic amines is 2. The normalized spacial score (nSPS) is 10.3. The molecular formula is C11H13N3OS. The number of hydrogen-bond acceptors (Lipinski definition) is 3. The minimum atomic E-state index is 0.393. The second-order valence-electron chi connectivity index (χ2n) is 3.36. The summed E-state index contributed by atoms with van der Waals surface area (Å²) < 4.78 is 6.11. The average molecular weight is 235 g/mol. The molecule has 2 aromatic rings. The van der Waals surface area contributed by atoms with Crippen molar-refractivity contribution < 1.29 is 4.74 Å². The van der Waals surface area contributed by atoms with Crippen LogP contribution in [0.5, 0.6) is 5.75 Å². The van der Waals surface area contributed by atoms with Gasteiger partial charge >= 0.3 is 0 Å². The molecule has 0 saturated heterocycles. The smallest absolute Gasteiger partial charge is 0.213 e. The summed E-state index contributed by atoms with van der Waals surface area (Å²) in [4.78, 5) is 4.06. The molecule has 4 nitrogen and oxygen atoms in total. The van der Waals surface area contributed by atoms with Gasteiger partial charge in [0.2, 0.25) is 4.77 Å². The molecule has 2 rings (SSSR count). The van der Waals surface area contributed by atoms with Crippen molar-refractivity contribution in [3.05, 3.63) is 40.4 Å². The summed E-state index contributed by atoms with van der Waals surface area (Å²) in [5.41, 5.74) is 1.19. The number of hydrogen-bond donors (Lipinski definition) is 2. The Morgan fingerprint density at radius 1 is 1.31 bits per heavy atom. The molecule has 0 atom stereocenters. The van der Waals surface area contributed by atoms with Crippen LogP contribution < -0.4 is 4.74 Å². The van der Waals surface area contributed by atoms with E-state index in [0.29, 0.717) is 17.2 Å². The SMILES string of the molecule is CCc1ccccc1OCc1nc(=S)[nH][nH]1. The first-order valence-corrected chi connectivity index (χ1v) is 5.54. The van der Waals surface area contributed by atoms with E-state index in [1.54, 1.807) is 0 Å². The van der Waals surface area contributed by atoms with Crippen LogP contribution in [0.2, 0.25) is 0 Å². The van der Waals surface area contributed by atoms with Crippen LogP contribution in [-0.4, -0.2) is 15.2 Å². The van der Waals surface area contributed by atoms with Gasteiger partial charge < -0.3 is 4.74 Å². The second kappa shape index (κ2) is 4.94. The van der Waals surface area contributed by atoms with Gasteiger partial charge in [-0.3, -0.25) is 10.2 Å². The number of nitrogens with one attached hydrogen (secondary N) is 2. The van der Waals surface area contributed by atoms with E-state index in [0.717, 1.165) is 12.2 Å². The Bertz CT molecular complexity index is 518. The molecule has 84 valence electrons. The van der Waals surface area contributed by atoms with Gasteiger partial charge in [0, 0.05) is 0 Å². The zero-order valence-corrected chi connectivity index (χ0v) is 9.80. The van der Waals surface area contributed by atoms with Crippen molar-refractivity contribution in [2.24, 2.45) is 0 Å². The monoisotopic (exact) mass is 235 g/mol. The summed E-state index contributed by atoms with van der Waals surface area (Å²) >= 11 is 4.86. The van der Waals surface area contributed by atoms with Crippen LogP contribution in [0.3, 0.4) is 0 Å². The molecule has 0 bridgehead atoms. The van der Waals surface area contributed by atoms with Crippen molar-refractivity contribution >= 4 is 12.2 Å². The van der Waals surface area contributed by atoms with Gasteiger partial charge in [0.15, 0.2) is 5.82 Å². The Labute approximate surface area is 98.7 Å². The van der Waals surface area contributed by atoms with E-state index in [2.05, 4.69) is 28.2 Å². The standard InChI is InChI=1S/C11H13N3OS/c1-2-8-5-3-4-6-9(8)15-7-10-12-11(16)14-13-10/h3-6H,2,7H2,1H3,(H2,12,13,14,16). The largest absolute Gasteiger partial charge is 0.485 e. The Balaban J connectivity index is 2.07. The van der Waals surface area contributed by atoms with Gasteiger partial charge in [0.05, 0.1) is 0 Å². The zero-order chi connectivity index (χ0) is 11.4. The Morgan fingerprint density at radius 3 is 2.81 bits per heavy atom. The summed E-state index contributed by atoms with van der Waals surface area (Å²) in [5.74, 6) is 1.60. The van der Waals surface area contributed by atoms with Crippen LogP contribution in [0.25, 0.3) is 0 Å². The molecule has 0 amide bonds. The second-order valence-corrected chi connectivity index (χ2v) is 3.75. The fourth-order valence-corrected chi connectivity index (χ4v) is 1.62. The summed E-state index contributed by atoms with van der Waals surface area (Å²) in [6, 6.07) is 7.98.